The molecule has 0 heterocycles. The van der Waals surface area contributed by atoms with Gasteiger partial charge in [0.05, 0.1) is 7.05 Å². The van der Waals surface area contributed by atoms with E-state index in [2.05, 4.69) is 5.73 Å². The zero-order chi connectivity index (χ0) is 2.00. The number of halogens is 2. The first-order chi connectivity index (χ1) is 1.00. The molecule has 0 aromatic carbocycles. The molecule has 34 valence electrons. The number of hydrogen-bond donors (Lipinski definition) is 1. The van der Waals surface area contributed by atoms with E-state index in [1.54, 1.807) is 7.05 Å². The molecule has 0 aromatic rings. The summed E-state index contributed by atoms with van der Waals surface area (Å²) in [6, 6.07) is 0. The second-order valence-corrected chi connectivity index (χ2v) is 0. The Morgan fingerprint density at radius 2 is 1.20 bits per heavy atom. The van der Waals surface area contributed by atoms with Crippen molar-refractivity contribution < 1.29 is 42.1 Å². The molecule has 0 amide bonds. The van der Waals surface area contributed by atoms with E-state index in [9.17, 15) is 0 Å². The van der Waals surface area contributed by atoms with E-state index in [0.717, 1.165) is 0 Å². The van der Waals surface area contributed by atoms with E-state index in [1.165, 1.54) is 0 Å². The fraction of sp³-hybridized carbons (Fsp3) is 1.00. The minimum atomic E-state index is 0. The van der Waals surface area contributed by atoms with Gasteiger partial charge in [0.2, 0.25) is 0 Å². The fourth-order valence-electron chi connectivity index (χ4n) is 0. The molecule has 0 spiro atoms. The molecule has 0 aromatic heterocycles. The molecule has 0 fully saturated rings. The zero-order valence-corrected chi connectivity index (χ0v) is 10.4. The third-order valence-electron chi connectivity index (χ3n) is 0. The third kappa shape index (κ3) is 24.8. The molecule has 5 heavy (non-hydrogen) atoms. The molecule has 0 rings (SSSR count). The van der Waals surface area contributed by atoms with Gasteiger partial charge in [0.15, 0.2) is 0 Å². The Labute approximate surface area is 75.7 Å². The van der Waals surface area contributed by atoms with Crippen LogP contribution in [0, 0.1) is 0 Å². The quantitative estimate of drug-likeness (QED) is 0.308. The van der Waals surface area contributed by atoms with Crippen molar-refractivity contribution in [1.29, 1.82) is 0 Å². The van der Waals surface area contributed by atoms with Crippen molar-refractivity contribution in [2.45, 2.75) is 0 Å². The van der Waals surface area contributed by atoms with Crippen LogP contribution in [0.1, 0.15) is 0 Å². The Bertz CT molecular complexity index is 11.6. The van der Waals surface area contributed by atoms with Crippen LogP contribution in [0.15, 0.2) is 0 Å². The first-order valence-electron chi connectivity index (χ1n) is 0.707. The molecule has 2 radical (unpaired) electrons. The molecule has 3 N–H and O–H groups in total. The Morgan fingerprint density at radius 1 is 1.20 bits per heavy atom. The van der Waals surface area contributed by atoms with E-state index in [-0.39, 0.29) is 63.7 Å². The fourth-order valence-corrected chi connectivity index (χ4v) is 0. The first kappa shape index (κ1) is 28.5. The average Bonchev–Trinajstić information content (AvgIpc) is 1.00. The summed E-state index contributed by atoms with van der Waals surface area (Å²) in [5.41, 5.74) is 3.25. The van der Waals surface area contributed by atoms with Crippen LogP contribution in [-0.2, 0) is 0 Å². The van der Waals surface area contributed by atoms with Gasteiger partial charge in [-0.25, -0.2) is 0 Å². The average molecular weight is 403 g/mol. The molecule has 0 aliphatic carbocycles. The Hall–Kier alpha value is 1.90. The summed E-state index contributed by atoms with van der Waals surface area (Å²) >= 11 is 0. The number of quaternary nitrogens is 1. The molecule has 0 aliphatic heterocycles. The molecular weight excluding hydrogens is 396 g/mol. The molecule has 0 saturated heterocycles. The summed E-state index contributed by atoms with van der Waals surface area (Å²) in [6.07, 6.45) is 0. The summed E-state index contributed by atoms with van der Waals surface area (Å²) in [4.78, 5) is 0. The van der Waals surface area contributed by atoms with Crippen LogP contribution in [0.5, 0.6) is 0 Å². The molecule has 0 saturated carbocycles. The van der Waals surface area contributed by atoms with E-state index in [4.69, 9.17) is 0 Å². The summed E-state index contributed by atoms with van der Waals surface area (Å²) in [7, 11) is 1.75. The molecular formula is CH7ClINPb. The van der Waals surface area contributed by atoms with Crippen LogP contribution in [0.3, 0.4) is 0 Å². The van der Waals surface area contributed by atoms with Gasteiger partial charge in [0.1, 0.15) is 0 Å². The van der Waals surface area contributed by atoms with Crippen LogP contribution in [0.25, 0.3) is 0 Å². The van der Waals surface area contributed by atoms with E-state index in [1.807, 2.05) is 0 Å². The maximum absolute atomic E-state index is 3.25. The summed E-state index contributed by atoms with van der Waals surface area (Å²) in [5, 5.41) is 0. The number of rotatable bonds is 0. The topological polar surface area (TPSA) is 27.6 Å². The second-order valence-electron chi connectivity index (χ2n) is 0. The van der Waals surface area contributed by atoms with Gasteiger partial charge >= 0.3 is 27.3 Å². The van der Waals surface area contributed by atoms with E-state index >= 15 is 0 Å². The monoisotopic (exact) mass is 403 g/mol. The molecule has 1 nitrogen and oxygen atoms in total. The van der Waals surface area contributed by atoms with E-state index < -0.39 is 0 Å². The van der Waals surface area contributed by atoms with Gasteiger partial charge < -0.3 is 42.1 Å². The van der Waals surface area contributed by atoms with Crippen molar-refractivity contribution in [3.05, 3.63) is 0 Å². The standard InChI is InChI=1S/CH5N.ClH.HI.Pb.H/c1-2;;;;/h2H2,1H3;2*1H;;/q;;;+1;/p-1. The van der Waals surface area contributed by atoms with E-state index in [0.29, 0.717) is 0 Å². The molecule has 0 aliphatic rings. The van der Waals surface area contributed by atoms with Gasteiger partial charge in [-0.2, -0.15) is 0 Å². The molecule has 0 unspecified atom stereocenters. The molecule has 0 atom stereocenters. The maximum atomic E-state index is 3.25. The number of hydrogen-bond acceptors (Lipinski definition) is 0. The van der Waals surface area contributed by atoms with Crippen molar-refractivity contribution in [2.75, 3.05) is 7.05 Å². The van der Waals surface area contributed by atoms with Crippen molar-refractivity contribution in [2.24, 2.45) is 0 Å². The minimum absolute atomic E-state index is 0. The van der Waals surface area contributed by atoms with Crippen LogP contribution in [0.4, 0.5) is 0 Å². The zero-order valence-electron chi connectivity index (χ0n) is 3.04. The third-order valence-corrected chi connectivity index (χ3v) is 0. The van der Waals surface area contributed by atoms with Gasteiger partial charge in [-0.05, 0) is 0 Å². The van der Waals surface area contributed by atoms with Crippen molar-refractivity contribution >= 4 is 27.3 Å². The van der Waals surface area contributed by atoms with Crippen LogP contribution >= 0.6 is 0 Å². The Kier molecular flexibility index (Phi) is 224. The first-order valence-corrected chi connectivity index (χ1v) is 0.707. The predicted octanol–water partition coefficient (Wildman–Crippen LogP) is -7.78. The predicted molar refractivity (Wildman–Crippen MR) is 16.0 cm³/mol. The summed E-state index contributed by atoms with van der Waals surface area (Å²) in [5.74, 6) is 0. The van der Waals surface area contributed by atoms with Crippen molar-refractivity contribution in [3.63, 3.8) is 0 Å². The second kappa shape index (κ2) is 39.2. The molecule has 0 bridgehead atoms. The van der Waals surface area contributed by atoms with Crippen LogP contribution in [-0.4, -0.2) is 34.3 Å². The van der Waals surface area contributed by atoms with Crippen molar-refractivity contribution in [1.82, 2.24) is 0 Å². The van der Waals surface area contributed by atoms with Crippen molar-refractivity contribution in [3.8, 4) is 0 Å². The van der Waals surface area contributed by atoms with Gasteiger partial charge in [-0.15, -0.1) is 0 Å². The van der Waals surface area contributed by atoms with Crippen LogP contribution < -0.4 is 42.1 Å². The van der Waals surface area contributed by atoms with Gasteiger partial charge in [0, 0.05) is 0 Å². The Morgan fingerprint density at radius 3 is 1.20 bits per heavy atom. The van der Waals surface area contributed by atoms with Gasteiger partial charge in [0.25, 0.3) is 0 Å². The van der Waals surface area contributed by atoms with Gasteiger partial charge in [-0.3, -0.25) is 0 Å². The summed E-state index contributed by atoms with van der Waals surface area (Å²) in [6.45, 7) is 0. The SMILES string of the molecule is C[NH3+].[Cl-].[I-].[PbH+]. The van der Waals surface area contributed by atoms with Crippen LogP contribution in [0.2, 0.25) is 0 Å². The summed E-state index contributed by atoms with van der Waals surface area (Å²) < 4.78 is 0. The normalized spacial score (nSPS) is 1.20. The molecule has 4 heteroatoms. The van der Waals surface area contributed by atoms with Gasteiger partial charge in [-0.1, -0.05) is 0 Å². The Balaban J connectivity index is -0.00000000167.